The highest BCUT2D eigenvalue weighted by molar-refractivity contribution is 5.88. The van der Waals surface area contributed by atoms with Crippen LogP contribution in [-0.2, 0) is 6.54 Å². The number of aromatic carboxylic acids is 1. The third-order valence-corrected chi connectivity index (χ3v) is 4.24. The smallest absolute Gasteiger partial charge is 0.339 e. The summed E-state index contributed by atoms with van der Waals surface area (Å²) in [7, 11) is 2.10. The Morgan fingerprint density at radius 3 is 2.74 bits per heavy atom. The van der Waals surface area contributed by atoms with Crippen LogP contribution in [0.15, 0.2) is 10.5 Å². The summed E-state index contributed by atoms with van der Waals surface area (Å²) >= 11 is 0. The van der Waals surface area contributed by atoms with E-state index in [1.54, 1.807) is 13.0 Å². The highest BCUT2D eigenvalue weighted by Gasteiger charge is 2.26. The van der Waals surface area contributed by atoms with Crippen LogP contribution in [0.2, 0.25) is 0 Å². The van der Waals surface area contributed by atoms with Gasteiger partial charge in [-0.1, -0.05) is 19.8 Å². The fourth-order valence-electron chi connectivity index (χ4n) is 3.15. The molecule has 0 aromatic carbocycles. The fraction of sp³-hybridized carbons (Fsp3) is 0.667. The van der Waals surface area contributed by atoms with Crippen LogP contribution in [0, 0.1) is 12.8 Å². The van der Waals surface area contributed by atoms with E-state index in [9.17, 15) is 4.79 Å². The molecule has 0 bridgehead atoms. The van der Waals surface area contributed by atoms with Crippen LogP contribution in [0.1, 0.15) is 54.5 Å². The third-order valence-electron chi connectivity index (χ3n) is 4.24. The number of rotatable bonds is 4. The van der Waals surface area contributed by atoms with E-state index in [0.29, 0.717) is 24.3 Å². The van der Waals surface area contributed by atoms with Gasteiger partial charge in [0, 0.05) is 6.04 Å². The average molecular weight is 265 g/mol. The minimum absolute atomic E-state index is 0.278. The van der Waals surface area contributed by atoms with E-state index in [2.05, 4.69) is 18.9 Å². The third kappa shape index (κ3) is 3.18. The number of furan rings is 1. The highest BCUT2D eigenvalue weighted by Crippen LogP contribution is 2.28. The molecular weight excluding hydrogens is 242 g/mol. The molecule has 4 heteroatoms. The molecule has 1 N–H and O–H groups in total. The van der Waals surface area contributed by atoms with E-state index in [-0.39, 0.29) is 5.56 Å². The van der Waals surface area contributed by atoms with Crippen LogP contribution < -0.4 is 0 Å². The molecule has 0 amide bonds. The summed E-state index contributed by atoms with van der Waals surface area (Å²) in [5, 5.41) is 9.03. The van der Waals surface area contributed by atoms with Crippen LogP contribution in [0.3, 0.4) is 0 Å². The van der Waals surface area contributed by atoms with Crippen molar-refractivity contribution in [2.45, 2.75) is 52.1 Å². The maximum atomic E-state index is 11.0. The van der Waals surface area contributed by atoms with E-state index in [1.807, 2.05) is 0 Å². The molecule has 1 aromatic rings. The zero-order valence-electron chi connectivity index (χ0n) is 12.0. The maximum Gasteiger partial charge on any atom is 0.339 e. The molecule has 19 heavy (non-hydrogen) atoms. The average Bonchev–Trinajstić information content (AvgIpc) is 2.70. The lowest BCUT2D eigenvalue weighted by molar-refractivity contribution is 0.0695. The van der Waals surface area contributed by atoms with Gasteiger partial charge in [0.15, 0.2) is 0 Å². The minimum Gasteiger partial charge on any atom is -0.478 e. The van der Waals surface area contributed by atoms with Crippen molar-refractivity contribution in [1.29, 1.82) is 0 Å². The summed E-state index contributed by atoms with van der Waals surface area (Å²) in [4.78, 5) is 13.3. The predicted octanol–water partition coefficient (Wildman–Crippen LogP) is 3.30. The molecule has 4 nitrogen and oxygen atoms in total. The van der Waals surface area contributed by atoms with Crippen molar-refractivity contribution in [2.75, 3.05) is 7.05 Å². The highest BCUT2D eigenvalue weighted by atomic mass is 16.4. The number of carboxylic acids is 1. The SMILES string of the molecule is Cc1oc(CN(C)C2CCCCC2C)cc1C(=O)O. The molecule has 0 aliphatic heterocycles. The Morgan fingerprint density at radius 2 is 2.16 bits per heavy atom. The summed E-state index contributed by atoms with van der Waals surface area (Å²) in [6.07, 6.45) is 5.13. The summed E-state index contributed by atoms with van der Waals surface area (Å²) in [6, 6.07) is 2.23. The van der Waals surface area contributed by atoms with Gasteiger partial charge in [0.1, 0.15) is 17.1 Å². The maximum absolute atomic E-state index is 11.0. The van der Waals surface area contributed by atoms with Crippen molar-refractivity contribution in [3.05, 3.63) is 23.2 Å². The molecule has 1 aliphatic carbocycles. The van der Waals surface area contributed by atoms with Gasteiger partial charge in [0.05, 0.1) is 6.54 Å². The standard InChI is InChI=1S/C15H23NO3/c1-10-6-4-5-7-14(10)16(3)9-12-8-13(15(17)18)11(2)19-12/h8,10,14H,4-7,9H2,1-3H3,(H,17,18). The van der Waals surface area contributed by atoms with Crippen molar-refractivity contribution < 1.29 is 14.3 Å². The van der Waals surface area contributed by atoms with Crippen LogP contribution in [0.5, 0.6) is 0 Å². The lowest BCUT2D eigenvalue weighted by atomic mass is 9.85. The van der Waals surface area contributed by atoms with E-state index < -0.39 is 5.97 Å². The van der Waals surface area contributed by atoms with Gasteiger partial charge in [0.2, 0.25) is 0 Å². The van der Waals surface area contributed by atoms with E-state index in [1.165, 1.54) is 25.7 Å². The molecule has 1 heterocycles. The zero-order valence-corrected chi connectivity index (χ0v) is 12.0. The van der Waals surface area contributed by atoms with Gasteiger partial charge in [-0.2, -0.15) is 0 Å². The van der Waals surface area contributed by atoms with E-state index >= 15 is 0 Å². The van der Waals surface area contributed by atoms with Gasteiger partial charge in [-0.25, -0.2) is 4.79 Å². The normalized spacial score (nSPS) is 23.8. The lowest BCUT2D eigenvalue weighted by Crippen LogP contribution is -2.38. The first-order valence-electron chi connectivity index (χ1n) is 7.02. The van der Waals surface area contributed by atoms with Crippen LogP contribution in [-0.4, -0.2) is 29.1 Å². The second-order valence-corrected chi connectivity index (χ2v) is 5.73. The Bertz CT molecular complexity index is 452. The number of aryl methyl sites for hydroxylation is 1. The number of nitrogens with zero attached hydrogens (tertiary/aromatic N) is 1. The minimum atomic E-state index is -0.916. The van der Waals surface area contributed by atoms with Gasteiger partial charge in [-0.15, -0.1) is 0 Å². The Morgan fingerprint density at radius 1 is 1.47 bits per heavy atom. The van der Waals surface area contributed by atoms with Gasteiger partial charge < -0.3 is 9.52 Å². The van der Waals surface area contributed by atoms with Crippen LogP contribution >= 0.6 is 0 Å². The Kier molecular flexibility index (Phi) is 4.30. The number of carboxylic acid groups (broad SMARTS) is 1. The first-order chi connectivity index (χ1) is 8.99. The number of hydrogen-bond donors (Lipinski definition) is 1. The largest absolute Gasteiger partial charge is 0.478 e. The van der Waals surface area contributed by atoms with Crippen LogP contribution in [0.25, 0.3) is 0 Å². The Hall–Kier alpha value is -1.29. The first kappa shape index (κ1) is 14.1. The lowest BCUT2D eigenvalue weighted by Gasteiger charge is -2.35. The molecule has 1 fully saturated rings. The van der Waals surface area contributed by atoms with Crippen molar-refractivity contribution in [1.82, 2.24) is 4.90 Å². The molecule has 2 unspecified atom stereocenters. The molecule has 106 valence electrons. The van der Waals surface area contributed by atoms with Gasteiger partial charge in [-0.05, 0) is 38.8 Å². The Balaban J connectivity index is 2.04. The molecule has 1 aromatic heterocycles. The molecule has 0 radical (unpaired) electrons. The van der Waals surface area contributed by atoms with Gasteiger partial charge >= 0.3 is 5.97 Å². The second kappa shape index (κ2) is 5.78. The van der Waals surface area contributed by atoms with Crippen molar-refractivity contribution >= 4 is 5.97 Å². The quantitative estimate of drug-likeness (QED) is 0.907. The van der Waals surface area contributed by atoms with E-state index in [0.717, 1.165) is 5.76 Å². The summed E-state index contributed by atoms with van der Waals surface area (Å²) in [5.41, 5.74) is 0.278. The molecule has 1 saturated carbocycles. The van der Waals surface area contributed by atoms with Gasteiger partial charge in [0.25, 0.3) is 0 Å². The molecule has 0 saturated heterocycles. The van der Waals surface area contributed by atoms with Crippen molar-refractivity contribution in [3.63, 3.8) is 0 Å². The van der Waals surface area contributed by atoms with Crippen LogP contribution in [0.4, 0.5) is 0 Å². The molecule has 2 atom stereocenters. The van der Waals surface area contributed by atoms with E-state index in [4.69, 9.17) is 9.52 Å². The van der Waals surface area contributed by atoms with Gasteiger partial charge in [-0.3, -0.25) is 4.90 Å². The molecule has 0 spiro atoms. The zero-order chi connectivity index (χ0) is 14.0. The summed E-state index contributed by atoms with van der Waals surface area (Å²) < 4.78 is 5.55. The fourth-order valence-corrected chi connectivity index (χ4v) is 3.15. The number of carbonyl (C=O) groups is 1. The molecular formula is C15H23NO3. The second-order valence-electron chi connectivity index (χ2n) is 5.73. The Labute approximate surface area is 114 Å². The summed E-state index contributed by atoms with van der Waals surface area (Å²) in [6.45, 7) is 4.69. The molecule has 2 rings (SSSR count). The first-order valence-corrected chi connectivity index (χ1v) is 7.02. The topological polar surface area (TPSA) is 53.7 Å². The monoisotopic (exact) mass is 265 g/mol. The molecule has 1 aliphatic rings. The summed E-state index contributed by atoms with van der Waals surface area (Å²) in [5.74, 6) is 1.03. The predicted molar refractivity (Wildman–Crippen MR) is 73.3 cm³/mol. The van der Waals surface area contributed by atoms with Crippen molar-refractivity contribution in [2.24, 2.45) is 5.92 Å². The van der Waals surface area contributed by atoms with Crippen molar-refractivity contribution in [3.8, 4) is 0 Å². The number of hydrogen-bond acceptors (Lipinski definition) is 3.